The van der Waals surface area contributed by atoms with Gasteiger partial charge in [-0.2, -0.15) is 0 Å². The van der Waals surface area contributed by atoms with Crippen LogP contribution >= 0.6 is 0 Å². The number of pyridine rings is 1. The molecule has 0 radical (unpaired) electrons. The number of aromatic nitrogens is 2. The number of carbonyl (C=O) groups is 1. The predicted octanol–water partition coefficient (Wildman–Crippen LogP) is 4.73. The van der Waals surface area contributed by atoms with Crippen molar-refractivity contribution in [3.05, 3.63) is 60.3 Å². The summed E-state index contributed by atoms with van der Waals surface area (Å²) < 4.78 is 0. The number of amides is 1. The summed E-state index contributed by atoms with van der Waals surface area (Å²) in [5, 5.41) is 8.39. The van der Waals surface area contributed by atoms with E-state index in [1.54, 1.807) is 6.20 Å². The number of rotatable bonds is 3. The molecule has 5 nitrogen and oxygen atoms in total. The first-order valence-corrected chi connectivity index (χ1v) is 8.12. The van der Waals surface area contributed by atoms with E-state index in [9.17, 15) is 4.79 Å². The number of hydrogen-bond acceptors (Lipinski definition) is 3. The molecule has 3 N–H and O–H groups in total. The molecule has 0 saturated carbocycles. The molecule has 4 aromatic rings. The molecule has 0 aliphatic rings. The Morgan fingerprint density at radius 3 is 2.76 bits per heavy atom. The SMILES string of the molecule is CC(=O)Nc1ccc2c(c1)[nH]c1nccc(Nc3cccc(C)c3)c12. The highest BCUT2D eigenvalue weighted by Gasteiger charge is 2.11. The van der Waals surface area contributed by atoms with E-state index in [1.165, 1.54) is 12.5 Å². The van der Waals surface area contributed by atoms with Gasteiger partial charge in [0.25, 0.3) is 0 Å². The van der Waals surface area contributed by atoms with Crippen molar-refractivity contribution in [2.75, 3.05) is 10.6 Å². The smallest absolute Gasteiger partial charge is 0.221 e. The van der Waals surface area contributed by atoms with Crippen LogP contribution in [-0.4, -0.2) is 15.9 Å². The summed E-state index contributed by atoms with van der Waals surface area (Å²) in [5.74, 6) is -0.0876. The molecule has 4 rings (SSSR count). The maximum atomic E-state index is 11.3. The van der Waals surface area contributed by atoms with Crippen LogP contribution in [0.1, 0.15) is 12.5 Å². The summed E-state index contributed by atoms with van der Waals surface area (Å²) in [6.45, 7) is 3.57. The van der Waals surface area contributed by atoms with Crippen molar-refractivity contribution in [3.63, 3.8) is 0 Å². The van der Waals surface area contributed by atoms with Crippen molar-refractivity contribution in [1.29, 1.82) is 0 Å². The Balaban J connectivity index is 1.83. The average Bonchev–Trinajstić information content (AvgIpc) is 2.93. The van der Waals surface area contributed by atoms with Crippen LogP contribution in [0.4, 0.5) is 17.1 Å². The van der Waals surface area contributed by atoms with Crippen molar-refractivity contribution >= 4 is 44.9 Å². The van der Waals surface area contributed by atoms with Gasteiger partial charge in [0.05, 0.1) is 11.1 Å². The van der Waals surface area contributed by atoms with Crippen LogP contribution in [0, 0.1) is 6.92 Å². The molecule has 0 bridgehead atoms. The summed E-state index contributed by atoms with van der Waals surface area (Å²) in [5.41, 5.74) is 5.75. The Morgan fingerprint density at radius 2 is 1.96 bits per heavy atom. The molecule has 0 aliphatic heterocycles. The number of carbonyl (C=O) groups excluding carboxylic acids is 1. The Labute approximate surface area is 145 Å². The summed E-state index contributed by atoms with van der Waals surface area (Å²) in [4.78, 5) is 19.0. The van der Waals surface area contributed by atoms with Crippen molar-refractivity contribution in [1.82, 2.24) is 9.97 Å². The molecule has 1 amide bonds. The van der Waals surface area contributed by atoms with Crippen molar-refractivity contribution in [2.24, 2.45) is 0 Å². The van der Waals surface area contributed by atoms with Gasteiger partial charge in [0.1, 0.15) is 5.65 Å². The second kappa shape index (κ2) is 5.94. The fourth-order valence-electron chi connectivity index (χ4n) is 3.09. The van der Waals surface area contributed by atoms with Crippen LogP contribution in [0.3, 0.4) is 0 Å². The second-order valence-corrected chi connectivity index (χ2v) is 6.14. The number of aryl methyl sites for hydroxylation is 1. The van der Waals surface area contributed by atoms with Crippen LogP contribution in [0.15, 0.2) is 54.7 Å². The van der Waals surface area contributed by atoms with Gasteiger partial charge < -0.3 is 15.6 Å². The summed E-state index contributed by atoms with van der Waals surface area (Å²) in [6, 6.07) is 16.1. The minimum Gasteiger partial charge on any atom is -0.355 e. The Morgan fingerprint density at radius 1 is 1.08 bits per heavy atom. The van der Waals surface area contributed by atoms with E-state index in [4.69, 9.17) is 0 Å². The van der Waals surface area contributed by atoms with Gasteiger partial charge in [0.2, 0.25) is 5.91 Å². The third-order valence-electron chi connectivity index (χ3n) is 4.11. The fraction of sp³-hybridized carbons (Fsp3) is 0.100. The average molecular weight is 330 g/mol. The maximum Gasteiger partial charge on any atom is 0.221 e. The first-order valence-electron chi connectivity index (χ1n) is 8.12. The molecule has 25 heavy (non-hydrogen) atoms. The molecule has 0 spiro atoms. The predicted molar refractivity (Wildman–Crippen MR) is 102 cm³/mol. The fourth-order valence-corrected chi connectivity index (χ4v) is 3.09. The van der Waals surface area contributed by atoms with E-state index in [2.05, 4.69) is 39.7 Å². The molecule has 0 unspecified atom stereocenters. The topological polar surface area (TPSA) is 69.8 Å². The number of H-pyrrole nitrogens is 1. The van der Waals surface area contributed by atoms with Gasteiger partial charge >= 0.3 is 0 Å². The minimum absolute atomic E-state index is 0.0876. The second-order valence-electron chi connectivity index (χ2n) is 6.14. The molecule has 0 aliphatic carbocycles. The lowest BCUT2D eigenvalue weighted by atomic mass is 10.1. The standard InChI is InChI=1S/C20H18N4O/c1-12-4-3-5-14(10-12)23-17-8-9-21-20-19(17)16-7-6-15(22-13(2)25)11-18(16)24-20/h3-11H,1-2H3,(H,22,25)(H2,21,23,24). The number of nitrogens with zero attached hydrogens (tertiary/aromatic N) is 1. The quantitative estimate of drug-likeness (QED) is 0.509. The highest BCUT2D eigenvalue weighted by atomic mass is 16.1. The lowest BCUT2D eigenvalue weighted by molar-refractivity contribution is -0.114. The number of benzene rings is 2. The molecule has 0 atom stereocenters. The molecular formula is C20H18N4O. The van der Waals surface area contributed by atoms with Crippen molar-refractivity contribution < 1.29 is 4.79 Å². The van der Waals surface area contributed by atoms with Crippen molar-refractivity contribution in [3.8, 4) is 0 Å². The zero-order valence-electron chi connectivity index (χ0n) is 14.1. The van der Waals surface area contributed by atoms with Gasteiger partial charge in [-0.3, -0.25) is 4.79 Å². The van der Waals surface area contributed by atoms with E-state index in [1.807, 2.05) is 36.4 Å². The van der Waals surface area contributed by atoms with Gasteiger partial charge in [-0.1, -0.05) is 18.2 Å². The normalized spacial score (nSPS) is 11.0. The molecule has 2 heterocycles. The molecule has 0 saturated heterocycles. The summed E-state index contributed by atoms with van der Waals surface area (Å²) >= 11 is 0. The van der Waals surface area contributed by atoms with Gasteiger partial charge in [0.15, 0.2) is 0 Å². The highest BCUT2D eigenvalue weighted by Crippen LogP contribution is 2.33. The number of aromatic amines is 1. The summed E-state index contributed by atoms with van der Waals surface area (Å²) in [7, 11) is 0. The number of hydrogen-bond donors (Lipinski definition) is 3. The molecule has 2 aromatic carbocycles. The van der Waals surface area contributed by atoms with Gasteiger partial charge in [-0.25, -0.2) is 4.98 Å². The molecule has 2 aromatic heterocycles. The zero-order chi connectivity index (χ0) is 17.4. The Kier molecular flexibility index (Phi) is 3.61. The van der Waals surface area contributed by atoms with Gasteiger partial charge in [-0.15, -0.1) is 0 Å². The van der Waals surface area contributed by atoms with Gasteiger partial charge in [0, 0.05) is 35.4 Å². The molecular weight excluding hydrogens is 312 g/mol. The van der Waals surface area contributed by atoms with Crippen molar-refractivity contribution in [2.45, 2.75) is 13.8 Å². The van der Waals surface area contributed by atoms with Crippen LogP contribution in [0.25, 0.3) is 21.9 Å². The van der Waals surface area contributed by atoms with E-state index in [0.29, 0.717) is 0 Å². The van der Waals surface area contributed by atoms with E-state index >= 15 is 0 Å². The van der Waals surface area contributed by atoms with Crippen LogP contribution in [0.2, 0.25) is 0 Å². The molecule has 0 fully saturated rings. The number of fused-ring (bicyclic) bond motifs is 3. The Bertz CT molecular complexity index is 1100. The monoisotopic (exact) mass is 330 g/mol. The lowest BCUT2D eigenvalue weighted by Gasteiger charge is -2.09. The first-order chi connectivity index (χ1) is 12.1. The molecule has 124 valence electrons. The number of nitrogens with one attached hydrogen (secondary N) is 3. The third-order valence-corrected chi connectivity index (χ3v) is 4.11. The van der Waals surface area contributed by atoms with Gasteiger partial charge in [-0.05, 0) is 42.8 Å². The summed E-state index contributed by atoms with van der Waals surface area (Å²) in [6.07, 6.45) is 1.78. The zero-order valence-corrected chi connectivity index (χ0v) is 14.1. The maximum absolute atomic E-state index is 11.3. The lowest BCUT2D eigenvalue weighted by Crippen LogP contribution is -2.05. The Hall–Kier alpha value is -3.34. The third kappa shape index (κ3) is 2.92. The van der Waals surface area contributed by atoms with E-state index in [0.717, 1.165) is 39.0 Å². The minimum atomic E-state index is -0.0876. The highest BCUT2D eigenvalue weighted by molar-refractivity contribution is 6.13. The number of anilines is 3. The van der Waals surface area contributed by atoms with Crippen LogP contribution < -0.4 is 10.6 Å². The molecule has 5 heteroatoms. The largest absolute Gasteiger partial charge is 0.355 e. The first kappa shape index (κ1) is 15.2. The van der Waals surface area contributed by atoms with Crippen LogP contribution in [0.5, 0.6) is 0 Å². The van der Waals surface area contributed by atoms with E-state index in [-0.39, 0.29) is 5.91 Å². The van der Waals surface area contributed by atoms with Crippen LogP contribution in [-0.2, 0) is 4.79 Å². The van der Waals surface area contributed by atoms with E-state index < -0.39 is 0 Å².